The molecule has 0 spiro atoms. The van der Waals surface area contributed by atoms with E-state index in [1.165, 1.54) is 177 Å². The fourth-order valence-electron chi connectivity index (χ4n) is 8.13. The van der Waals surface area contributed by atoms with E-state index in [4.69, 9.17) is 4.98 Å². The number of rotatable bonds is 31. The van der Waals surface area contributed by atoms with Gasteiger partial charge in [0.2, 0.25) is 0 Å². The number of benzene rings is 2. The van der Waals surface area contributed by atoms with Crippen molar-refractivity contribution in [1.82, 2.24) is 9.55 Å². The van der Waals surface area contributed by atoms with Gasteiger partial charge in [0, 0.05) is 30.3 Å². The lowest BCUT2D eigenvalue weighted by Gasteiger charge is -2.39. The molecule has 0 fully saturated rings. The maximum Gasteiger partial charge on any atom is 0.112 e. The normalized spacial score (nSPS) is 13.4. The Morgan fingerprint density at radius 2 is 0.959 bits per heavy atom. The lowest BCUT2D eigenvalue weighted by atomic mass is 9.66. The Morgan fingerprint density at radius 1 is 0.531 bits per heavy atom. The Balaban J connectivity index is 1.51. The third kappa shape index (κ3) is 16.5. The van der Waals surface area contributed by atoms with Gasteiger partial charge in [-0.2, -0.15) is 0 Å². The predicted molar refractivity (Wildman–Crippen MR) is 216 cm³/mol. The molecule has 0 radical (unpaired) electrons. The number of aromatic nitrogens is 2. The third-order valence-corrected chi connectivity index (χ3v) is 11.3. The maximum absolute atomic E-state index is 5.15. The fraction of sp³-hybridized carbons (Fsp3) is 0.681. The zero-order valence-electron chi connectivity index (χ0n) is 32.5. The summed E-state index contributed by atoms with van der Waals surface area (Å²) in [7, 11) is 0. The number of unbranched alkanes of at least 4 members (excludes halogenated alkanes) is 22. The third-order valence-electron chi connectivity index (χ3n) is 11.3. The Labute approximate surface area is 304 Å². The topological polar surface area (TPSA) is 17.8 Å². The summed E-state index contributed by atoms with van der Waals surface area (Å²) >= 11 is 0. The SMILES string of the molecule is CCCCCCCCCCCCCCCCCCn1ccnc1C(CCCCCCCCCC)C(C)(Cc1ccccc1)c1ccccc1. The number of imidazole rings is 1. The van der Waals surface area contributed by atoms with Crippen LogP contribution in [0.5, 0.6) is 0 Å². The largest absolute Gasteiger partial charge is 0.335 e. The highest BCUT2D eigenvalue weighted by Gasteiger charge is 2.39. The average molecular weight is 669 g/mol. The molecule has 0 aliphatic rings. The number of hydrogen-bond acceptors (Lipinski definition) is 1. The molecule has 0 amide bonds. The van der Waals surface area contributed by atoms with Crippen molar-refractivity contribution in [3.05, 3.63) is 90.0 Å². The van der Waals surface area contributed by atoms with Gasteiger partial charge in [0.05, 0.1) is 0 Å². The number of hydrogen-bond donors (Lipinski definition) is 0. The van der Waals surface area contributed by atoms with Gasteiger partial charge in [-0.15, -0.1) is 0 Å². The summed E-state index contributed by atoms with van der Waals surface area (Å²) in [5.74, 6) is 1.69. The Kier molecular flexibility index (Phi) is 22.2. The van der Waals surface area contributed by atoms with Crippen LogP contribution in [-0.2, 0) is 18.4 Å². The second-order valence-corrected chi connectivity index (χ2v) is 15.5. The van der Waals surface area contributed by atoms with Gasteiger partial charge in [0.1, 0.15) is 5.82 Å². The van der Waals surface area contributed by atoms with Gasteiger partial charge in [-0.3, -0.25) is 0 Å². The second kappa shape index (κ2) is 26.5. The van der Waals surface area contributed by atoms with Gasteiger partial charge >= 0.3 is 0 Å². The van der Waals surface area contributed by atoms with E-state index in [9.17, 15) is 0 Å². The summed E-state index contributed by atoms with van der Waals surface area (Å²) in [4.78, 5) is 5.15. The van der Waals surface area contributed by atoms with E-state index in [0.717, 1.165) is 13.0 Å². The van der Waals surface area contributed by atoms with Gasteiger partial charge in [-0.25, -0.2) is 4.98 Å². The Hall–Kier alpha value is -2.35. The minimum Gasteiger partial charge on any atom is -0.335 e. The minimum absolute atomic E-state index is 0.0263. The molecule has 2 heteroatoms. The van der Waals surface area contributed by atoms with Gasteiger partial charge in [0.15, 0.2) is 0 Å². The first-order valence-corrected chi connectivity index (χ1v) is 21.3. The molecule has 1 aromatic heterocycles. The average Bonchev–Trinajstić information content (AvgIpc) is 3.59. The molecule has 0 aliphatic heterocycles. The summed E-state index contributed by atoms with van der Waals surface area (Å²) in [6, 6.07) is 22.5. The van der Waals surface area contributed by atoms with Crippen LogP contribution in [0.2, 0.25) is 0 Å². The monoisotopic (exact) mass is 669 g/mol. The van der Waals surface area contributed by atoms with E-state index in [-0.39, 0.29) is 5.41 Å². The molecule has 2 nitrogen and oxygen atoms in total. The molecule has 49 heavy (non-hydrogen) atoms. The molecule has 0 N–H and O–H groups in total. The summed E-state index contributed by atoms with van der Waals surface area (Å²) in [5.41, 5.74) is 2.84. The van der Waals surface area contributed by atoms with Crippen LogP contribution < -0.4 is 0 Å². The Morgan fingerprint density at radius 3 is 1.45 bits per heavy atom. The van der Waals surface area contributed by atoms with Crippen LogP contribution in [0, 0.1) is 0 Å². The Bertz CT molecular complexity index is 1150. The standard InChI is InChI=1S/C47H76N2/c1-4-6-8-10-12-14-15-16-17-18-19-20-21-23-25-33-40-49-41-39-48-46(49)45(38-32-24-22-13-11-9-7-5-2)47(3,44-36-30-27-31-37-44)42-43-34-28-26-29-35-43/h26-31,34-37,39,41,45H,4-25,32-33,38,40,42H2,1-3H3. The molecule has 3 aromatic rings. The van der Waals surface area contributed by atoms with Crippen molar-refractivity contribution < 1.29 is 0 Å². The van der Waals surface area contributed by atoms with E-state index >= 15 is 0 Å². The molecule has 3 rings (SSSR count). The van der Waals surface area contributed by atoms with Crippen molar-refractivity contribution in [2.75, 3.05) is 0 Å². The smallest absolute Gasteiger partial charge is 0.112 e. The van der Waals surface area contributed by atoms with Crippen molar-refractivity contribution in [2.45, 2.75) is 206 Å². The molecular weight excluding hydrogens is 593 g/mol. The molecule has 0 saturated heterocycles. The lowest BCUT2D eigenvalue weighted by Crippen LogP contribution is -2.35. The first-order chi connectivity index (χ1) is 24.2. The zero-order valence-corrected chi connectivity index (χ0v) is 32.5. The van der Waals surface area contributed by atoms with Crippen LogP contribution in [0.1, 0.15) is 204 Å². The summed E-state index contributed by atoms with van der Waals surface area (Å²) in [6.07, 6.45) is 40.1. The molecule has 2 aromatic carbocycles. The van der Waals surface area contributed by atoms with Crippen molar-refractivity contribution >= 4 is 0 Å². The molecule has 0 aliphatic carbocycles. The number of nitrogens with zero attached hydrogens (tertiary/aromatic N) is 2. The summed E-state index contributed by atoms with van der Waals surface area (Å²) < 4.78 is 2.53. The molecule has 274 valence electrons. The second-order valence-electron chi connectivity index (χ2n) is 15.5. The van der Waals surface area contributed by atoms with Crippen LogP contribution in [-0.4, -0.2) is 9.55 Å². The van der Waals surface area contributed by atoms with Crippen LogP contribution in [0.3, 0.4) is 0 Å². The molecule has 2 unspecified atom stereocenters. The predicted octanol–water partition coefficient (Wildman–Crippen LogP) is 15.0. The summed E-state index contributed by atoms with van der Waals surface area (Å²) in [5, 5.41) is 0. The van der Waals surface area contributed by atoms with Gasteiger partial charge in [0.25, 0.3) is 0 Å². The van der Waals surface area contributed by atoms with Crippen molar-refractivity contribution in [3.8, 4) is 0 Å². The van der Waals surface area contributed by atoms with Gasteiger partial charge < -0.3 is 4.57 Å². The van der Waals surface area contributed by atoms with Crippen molar-refractivity contribution in [3.63, 3.8) is 0 Å². The number of aryl methyl sites for hydroxylation is 1. The van der Waals surface area contributed by atoms with E-state index < -0.39 is 0 Å². The fourth-order valence-corrected chi connectivity index (χ4v) is 8.13. The van der Waals surface area contributed by atoms with E-state index in [0.29, 0.717) is 5.92 Å². The quantitative estimate of drug-likeness (QED) is 0.0624. The molecule has 2 atom stereocenters. The van der Waals surface area contributed by atoms with Gasteiger partial charge in [-0.1, -0.05) is 229 Å². The van der Waals surface area contributed by atoms with Gasteiger partial charge in [-0.05, 0) is 30.4 Å². The first-order valence-electron chi connectivity index (χ1n) is 21.3. The molecule has 0 saturated carbocycles. The minimum atomic E-state index is -0.0263. The highest BCUT2D eigenvalue weighted by molar-refractivity contribution is 5.33. The summed E-state index contributed by atoms with van der Waals surface area (Å²) in [6.45, 7) is 8.24. The van der Waals surface area contributed by atoms with Crippen LogP contribution in [0.4, 0.5) is 0 Å². The highest BCUT2D eigenvalue weighted by atomic mass is 15.1. The van der Waals surface area contributed by atoms with Crippen LogP contribution in [0.15, 0.2) is 73.1 Å². The lowest BCUT2D eigenvalue weighted by molar-refractivity contribution is 0.321. The van der Waals surface area contributed by atoms with E-state index in [1.54, 1.807) is 0 Å². The zero-order chi connectivity index (χ0) is 34.7. The van der Waals surface area contributed by atoms with Crippen LogP contribution >= 0.6 is 0 Å². The highest BCUT2D eigenvalue weighted by Crippen LogP contribution is 2.44. The molecular formula is C47H76N2. The first kappa shape index (κ1) is 41.1. The van der Waals surface area contributed by atoms with Crippen LogP contribution in [0.25, 0.3) is 0 Å². The van der Waals surface area contributed by atoms with E-state index in [2.05, 4.69) is 98.4 Å². The van der Waals surface area contributed by atoms with Crippen molar-refractivity contribution in [1.29, 1.82) is 0 Å². The van der Waals surface area contributed by atoms with Crippen molar-refractivity contribution in [2.24, 2.45) is 0 Å². The van der Waals surface area contributed by atoms with E-state index in [1.807, 2.05) is 0 Å². The molecule has 0 bridgehead atoms. The maximum atomic E-state index is 5.15. The molecule has 1 heterocycles.